The first kappa shape index (κ1) is 18.2. The summed E-state index contributed by atoms with van der Waals surface area (Å²) in [6.07, 6.45) is 0. The molecule has 2 aliphatic heterocycles. The fourth-order valence-corrected chi connectivity index (χ4v) is 5.17. The minimum absolute atomic E-state index is 0.0494. The lowest BCUT2D eigenvalue weighted by molar-refractivity contribution is 0.109. The van der Waals surface area contributed by atoms with E-state index in [1.807, 2.05) is 43.4 Å². The lowest BCUT2D eigenvalue weighted by Gasteiger charge is -2.29. The first-order valence-corrected chi connectivity index (χ1v) is 11.0. The number of benzene rings is 3. The number of carbonyl (C=O) groups excluding carboxylic acids is 1. The number of fused-ring (bicyclic) bond motifs is 3. The molecule has 146 valence electrons. The Morgan fingerprint density at radius 1 is 0.897 bits per heavy atom. The largest absolute Gasteiger partial charge is 0.449 e. The predicted molar refractivity (Wildman–Crippen MR) is 110 cm³/mol. The maximum atomic E-state index is 12.7. The highest BCUT2D eigenvalue weighted by atomic mass is 32.2. The SMILES string of the molecule is C[N+]1(c2cccc3c2Oc2ccccc2O3)SC(=O)c2cc(S(N)(=O)=O)ccc21. The van der Waals surface area contributed by atoms with Gasteiger partial charge < -0.3 is 9.47 Å². The Kier molecular flexibility index (Phi) is 3.81. The van der Waals surface area contributed by atoms with Crippen molar-refractivity contribution < 1.29 is 22.7 Å². The Labute approximate surface area is 171 Å². The smallest absolute Gasteiger partial charge is 0.283 e. The van der Waals surface area contributed by atoms with E-state index in [0.29, 0.717) is 39.9 Å². The molecule has 9 heteroatoms. The second-order valence-corrected chi connectivity index (χ2v) is 9.63. The number of quaternary nitrogens is 1. The van der Waals surface area contributed by atoms with Crippen LogP contribution in [-0.4, -0.2) is 20.6 Å². The Morgan fingerprint density at radius 3 is 2.31 bits per heavy atom. The molecule has 1 atom stereocenters. The lowest BCUT2D eigenvalue weighted by Crippen LogP contribution is -2.29. The van der Waals surface area contributed by atoms with Crippen molar-refractivity contribution in [3.05, 3.63) is 66.2 Å². The van der Waals surface area contributed by atoms with Crippen LogP contribution in [0.25, 0.3) is 0 Å². The van der Waals surface area contributed by atoms with Gasteiger partial charge >= 0.3 is 0 Å². The number of hydrogen-bond donors (Lipinski definition) is 1. The summed E-state index contributed by atoms with van der Waals surface area (Å²) in [5.41, 5.74) is 1.65. The number of rotatable bonds is 2. The number of carbonyl (C=O) groups is 1. The van der Waals surface area contributed by atoms with Crippen molar-refractivity contribution in [3.8, 4) is 23.0 Å². The van der Waals surface area contributed by atoms with Gasteiger partial charge in [-0.15, -0.1) is 0 Å². The van der Waals surface area contributed by atoms with E-state index in [-0.39, 0.29) is 13.9 Å². The van der Waals surface area contributed by atoms with E-state index < -0.39 is 10.0 Å². The van der Waals surface area contributed by atoms with Crippen molar-refractivity contribution in [1.29, 1.82) is 0 Å². The summed E-state index contributed by atoms with van der Waals surface area (Å²) in [4.78, 5) is 12.6. The monoisotopic (exact) mass is 427 g/mol. The summed E-state index contributed by atoms with van der Waals surface area (Å²) in [5.74, 6) is 2.25. The molecule has 0 bridgehead atoms. The normalized spacial score (nSPS) is 19.6. The van der Waals surface area contributed by atoms with Crippen molar-refractivity contribution in [2.75, 3.05) is 7.05 Å². The fraction of sp³-hybridized carbons (Fsp3) is 0.0500. The predicted octanol–water partition coefficient (Wildman–Crippen LogP) is 4.30. The quantitative estimate of drug-likeness (QED) is 0.378. The molecule has 7 nitrogen and oxygen atoms in total. The van der Waals surface area contributed by atoms with Crippen LogP contribution in [0.1, 0.15) is 10.4 Å². The first-order chi connectivity index (χ1) is 13.8. The van der Waals surface area contributed by atoms with Crippen LogP contribution < -0.4 is 18.5 Å². The number of primary sulfonamides is 1. The molecule has 0 amide bonds. The summed E-state index contributed by atoms with van der Waals surface area (Å²) in [7, 11) is -2.06. The maximum absolute atomic E-state index is 12.7. The molecule has 0 saturated carbocycles. The van der Waals surface area contributed by atoms with Crippen LogP contribution >= 0.6 is 11.9 Å². The van der Waals surface area contributed by atoms with Crippen LogP contribution in [0.5, 0.6) is 23.0 Å². The zero-order valence-corrected chi connectivity index (χ0v) is 16.8. The zero-order valence-electron chi connectivity index (χ0n) is 15.2. The van der Waals surface area contributed by atoms with E-state index in [1.165, 1.54) is 12.1 Å². The average molecular weight is 427 g/mol. The summed E-state index contributed by atoms with van der Waals surface area (Å²) < 4.78 is 35.6. The van der Waals surface area contributed by atoms with Gasteiger partial charge in [0, 0.05) is 12.1 Å². The van der Waals surface area contributed by atoms with Gasteiger partial charge in [-0.05, 0) is 30.3 Å². The zero-order chi connectivity index (χ0) is 20.4. The van der Waals surface area contributed by atoms with E-state index in [2.05, 4.69) is 0 Å². The topological polar surface area (TPSA) is 95.7 Å². The van der Waals surface area contributed by atoms with Crippen molar-refractivity contribution >= 4 is 38.5 Å². The van der Waals surface area contributed by atoms with Gasteiger partial charge in [-0.1, -0.05) is 18.2 Å². The third-order valence-corrected chi connectivity index (χ3v) is 7.00. The van der Waals surface area contributed by atoms with E-state index in [4.69, 9.17) is 14.6 Å². The van der Waals surface area contributed by atoms with E-state index in [1.54, 1.807) is 12.1 Å². The Hall–Kier alpha value is -2.85. The molecular formula is C20H15N2O5S2+. The molecule has 0 spiro atoms. The number of ether oxygens (including phenoxy) is 2. The Bertz CT molecular complexity index is 1310. The van der Waals surface area contributed by atoms with Crippen LogP contribution in [0.15, 0.2) is 65.6 Å². The van der Waals surface area contributed by atoms with Crippen molar-refractivity contribution in [2.24, 2.45) is 5.14 Å². The van der Waals surface area contributed by atoms with E-state index in [0.717, 1.165) is 11.9 Å². The number of nitrogens with two attached hydrogens (primary N) is 1. The first-order valence-electron chi connectivity index (χ1n) is 8.63. The van der Waals surface area contributed by atoms with Gasteiger partial charge in [0.1, 0.15) is 0 Å². The highest BCUT2D eigenvalue weighted by Crippen LogP contribution is 2.57. The molecular weight excluding hydrogens is 412 g/mol. The van der Waals surface area contributed by atoms with Crippen LogP contribution in [0.2, 0.25) is 0 Å². The third kappa shape index (κ3) is 2.74. The molecule has 0 fully saturated rings. The highest BCUT2D eigenvalue weighted by molar-refractivity contribution is 8.14. The second kappa shape index (κ2) is 6.07. The fourth-order valence-electron chi connectivity index (χ4n) is 3.54. The molecule has 0 radical (unpaired) electrons. The molecule has 2 heterocycles. The minimum Gasteiger partial charge on any atom is -0.449 e. The maximum Gasteiger partial charge on any atom is 0.283 e. The van der Waals surface area contributed by atoms with Gasteiger partial charge in [-0.2, -0.15) is 3.89 Å². The Morgan fingerprint density at radius 2 is 1.59 bits per heavy atom. The summed E-state index contributed by atoms with van der Waals surface area (Å²) in [5, 5.41) is 4.98. The molecule has 3 aromatic rings. The minimum atomic E-state index is -3.91. The van der Waals surface area contributed by atoms with Gasteiger partial charge in [0.15, 0.2) is 40.6 Å². The molecule has 0 aromatic heterocycles. The summed E-state index contributed by atoms with van der Waals surface area (Å²) in [6.45, 7) is 0. The van der Waals surface area contributed by atoms with Crippen molar-refractivity contribution in [3.63, 3.8) is 0 Å². The number of para-hydroxylation sites is 3. The molecule has 29 heavy (non-hydrogen) atoms. The van der Waals surface area contributed by atoms with Crippen LogP contribution in [0, 0.1) is 0 Å². The molecule has 0 aliphatic carbocycles. The number of nitrogens with zero attached hydrogens (tertiary/aromatic N) is 1. The molecule has 2 aliphatic rings. The van der Waals surface area contributed by atoms with Gasteiger partial charge in [-0.25, -0.2) is 13.6 Å². The van der Waals surface area contributed by atoms with Gasteiger partial charge in [-0.3, -0.25) is 4.79 Å². The van der Waals surface area contributed by atoms with Crippen LogP contribution in [0.3, 0.4) is 0 Å². The van der Waals surface area contributed by atoms with E-state index >= 15 is 0 Å². The molecule has 3 aromatic carbocycles. The summed E-state index contributed by atoms with van der Waals surface area (Å²) >= 11 is 1.05. The van der Waals surface area contributed by atoms with Crippen LogP contribution in [0.4, 0.5) is 11.4 Å². The molecule has 5 rings (SSSR count). The van der Waals surface area contributed by atoms with Crippen LogP contribution in [-0.2, 0) is 10.0 Å². The van der Waals surface area contributed by atoms with Gasteiger partial charge in [0.25, 0.3) is 5.12 Å². The lowest BCUT2D eigenvalue weighted by atomic mass is 10.1. The van der Waals surface area contributed by atoms with E-state index in [9.17, 15) is 13.2 Å². The molecule has 2 N–H and O–H groups in total. The number of sulfonamides is 1. The molecule has 0 saturated heterocycles. The van der Waals surface area contributed by atoms with Crippen molar-refractivity contribution in [1.82, 2.24) is 3.89 Å². The summed E-state index contributed by atoms with van der Waals surface area (Å²) in [6, 6.07) is 17.2. The standard InChI is InChI=1S/C20H15N2O5S2/c1-22(14-10-9-12(29(21,24)25)11-13(14)20(23)28-22)15-5-4-8-18-19(15)27-17-7-3-2-6-16(17)26-18/h2-11H,1H3,(H2,21,24,25)/q+1. The molecule has 1 unspecified atom stereocenters. The number of hydrogen-bond acceptors (Lipinski definition) is 6. The van der Waals surface area contributed by atoms with Crippen molar-refractivity contribution in [2.45, 2.75) is 4.90 Å². The highest BCUT2D eigenvalue weighted by Gasteiger charge is 2.48. The average Bonchev–Trinajstić information content (AvgIpc) is 2.96. The second-order valence-electron chi connectivity index (χ2n) is 6.78. The van der Waals surface area contributed by atoms with Gasteiger partial charge in [0.2, 0.25) is 15.8 Å². The van der Waals surface area contributed by atoms with Gasteiger partial charge in [0.05, 0.1) is 17.5 Å². The Balaban J connectivity index is 1.67. The third-order valence-electron chi connectivity index (χ3n) is 4.94.